The molecule has 0 bridgehead atoms. The monoisotopic (exact) mass is 616 g/mol. The summed E-state index contributed by atoms with van der Waals surface area (Å²) in [5.74, 6) is -2.94. The van der Waals surface area contributed by atoms with Crippen LogP contribution in [0.1, 0.15) is 44.7 Å². The number of carboxylic acids is 1. The summed E-state index contributed by atoms with van der Waals surface area (Å²) >= 11 is 0. The fourth-order valence-corrected chi connectivity index (χ4v) is 3.81. The van der Waals surface area contributed by atoms with Crippen molar-refractivity contribution in [1.82, 2.24) is 15.8 Å². The molecule has 1 heterocycles. The van der Waals surface area contributed by atoms with Gasteiger partial charge >= 0.3 is 20.0 Å². The lowest BCUT2D eigenvalue weighted by Gasteiger charge is -2.16. The number of hydrogen-bond acceptors (Lipinski definition) is 8. The van der Waals surface area contributed by atoms with Crippen molar-refractivity contribution in [2.45, 2.75) is 25.4 Å². The summed E-state index contributed by atoms with van der Waals surface area (Å²) in [4.78, 5) is 51.2. The van der Waals surface area contributed by atoms with Crippen LogP contribution in [0.4, 0.5) is 13.2 Å². The zero-order valence-corrected chi connectivity index (χ0v) is 22.9. The molecule has 0 unspecified atom stereocenters. The van der Waals surface area contributed by atoms with Crippen molar-refractivity contribution in [1.29, 1.82) is 5.26 Å². The number of phosphoric ester groups is 1. The van der Waals surface area contributed by atoms with Crippen molar-refractivity contribution in [3.63, 3.8) is 0 Å². The minimum atomic E-state index is -5.08. The molecule has 17 heteroatoms. The number of ether oxygens (including phenoxy) is 1. The maximum Gasteiger partial charge on any atom is 0.490 e. The van der Waals surface area contributed by atoms with Gasteiger partial charge in [0.15, 0.2) is 0 Å². The first kappa shape index (κ1) is 34.2. The second-order valence-corrected chi connectivity index (χ2v) is 9.87. The molecule has 0 atom stereocenters. The number of nitrogens with zero attached hydrogens (tertiary/aromatic N) is 2. The molecule has 2 aromatic carbocycles. The molecule has 1 aliphatic heterocycles. The molecule has 2 aromatic rings. The number of carbonyl (C=O) groups is 3. The first-order valence-corrected chi connectivity index (χ1v) is 13.8. The Kier molecular flexibility index (Phi) is 12.9. The number of phosphoric acid groups is 1. The summed E-state index contributed by atoms with van der Waals surface area (Å²) in [5.41, 5.74) is 4.66. The van der Waals surface area contributed by atoms with Crippen LogP contribution in [0, 0.1) is 11.3 Å². The van der Waals surface area contributed by atoms with E-state index in [9.17, 15) is 27.3 Å². The number of halogens is 3. The highest BCUT2D eigenvalue weighted by Crippen LogP contribution is 2.36. The van der Waals surface area contributed by atoms with Gasteiger partial charge in [-0.3, -0.25) is 19.5 Å². The van der Waals surface area contributed by atoms with E-state index in [0.717, 1.165) is 25.9 Å². The fraction of sp³-hybridized carbons (Fsp3) is 0.360. The number of amides is 2. The second-order valence-electron chi connectivity index (χ2n) is 8.63. The average Bonchev–Trinajstić information content (AvgIpc) is 3.43. The fourth-order valence-electron chi connectivity index (χ4n) is 3.48. The van der Waals surface area contributed by atoms with E-state index >= 15 is 0 Å². The third-order valence-corrected chi connectivity index (χ3v) is 6.01. The predicted octanol–water partition coefficient (Wildman–Crippen LogP) is 2.39. The minimum Gasteiger partial charge on any atom is -0.491 e. The van der Waals surface area contributed by atoms with Gasteiger partial charge < -0.3 is 24.9 Å². The number of nitrogens with one attached hydrogen (secondary N) is 2. The van der Waals surface area contributed by atoms with Gasteiger partial charge in [0.05, 0.1) is 24.8 Å². The van der Waals surface area contributed by atoms with Crippen LogP contribution in [-0.2, 0) is 20.3 Å². The Morgan fingerprint density at radius 3 is 2.10 bits per heavy atom. The molecule has 228 valence electrons. The van der Waals surface area contributed by atoms with E-state index in [-0.39, 0.29) is 38.0 Å². The molecular formula is C25H28F3N4O9P. The standard InChI is InChI=1S/C23H27N4O7P.C2HF3O2/c24-16-17-3-4-18(9-13-34-35(30,31)32)21(15-17)33-14-10-25-22(28)19-5-7-20(8-6-19)23(29)26-27-11-1-2-12-27;3-2(4,5)1(6)7/h3-8,15H,1-2,9-14H2,(H,25,28)(H,26,29)(H2,30,31,32);(H,6,7). The zero-order valence-electron chi connectivity index (χ0n) is 22.0. The van der Waals surface area contributed by atoms with E-state index in [2.05, 4.69) is 15.3 Å². The Bertz CT molecular complexity index is 1320. The molecule has 0 radical (unpaired) electrons. The molecule has 5 N–H and O–H groups in total. The van der Waals surface area contributed by atoms with Gasteiger partial charge in [-0.05, 0) is 54.8 Å². The van der Waals surface area contributed by atoms with Crippen LogP contribution in [-0.4, -0.2) is 76.7 Å². The van der Waals surface area contributed by atoms with Crippen molar-refractivity contribution in [2.75, 3.05) is 32.8 Å². The predicted molar refractivity (Wildman–Crippen MR) is 139 cm³/mol. The summed E-state index contributed by atoms with van der Waals surface area (Å²) in [6.07, 6.45) is -2.81. The molecule has 42 heavy (non-hydrogen) atoms. The van der Waals surface area contributed by atoms with Crippen LogP contribution in [0.25, 0.3) is 0 Å². The largest absolute Gasteiger partial charge is 0.491 e. The maximum atomic E-state index is 12.4. The number of rotatable bonds is 11. The Balaban J connectivity index is 0.000000782. The van der Waals surface area contributed by atoms with E-state index in [4.69, 9.17) is 29.7 Å². The highest BCUT2D eigenvalue weighted by atomic mass is 31.2. The van der Waals surface area contributed by atoms with E-state index in [0.29, 0.717) is 28.0 Å². The number of nitriles is 1. The van der Waals surface area contributed by atoms with Crippen LogP contribution in [0.5, 0.6) is 5.75 Å². The molecule has 1 aliphatic rings. The highest BCUT2D eigenvalue weighted by Gasteiger charge is 2.38. The van der Waals surface area contributed by atoms with Gasteiger partial charge in [0.2, 0.25) is 0 Å². The Morgan fingerprint density at radius 2 is 1.57 bits per heavy atom. The zero-order chi connectivity index (χ0) is 31.3. The molecule has 0 spiro atoms. The quantitative estimate of drug-likeness (QED) is 0.184. The van der Waals surface area contributed by atoms with E-state index in [1.54, 1.807) is 36.4 Å². The molecule has 0 aromatic heterocycles. The molecule has 1 fully saturated rings. The second kappa shape index (κ2) is 15.9. The SMILES string of the molecule is N#Cc1ccc(CCOP(=O)(O)O)c(OCCNC(=O)c2ccc(C(=O)NN3CCCC3)cc2)c1.O=C(O)C(F)(F)F. The van der Waals surface area contributed by atoms with Crippen LogP contribution >= 0.6 is 7.82 Å². The lowest BCUT2D eigenvalue weighted by Crippen LogP contribution is -2.40. The van der Waals surface area contributed by atoms with Gasteiger partial charge in [0.25, 0.3) is 11.8 Å². The van der Waals surface area contributed by atoms with Crippen molar-refractivity contribution in [3.05, 3.63) is 64.7 Å². The van der Waals surface area contributed by atoms with Gasteiger partial charge in [0, 0.05) is 30.6 Å². The summed E-state index contributed by atoms with van der Waals surface area (Å²) in [6.45, 7) is 1.71. The first-order valence-electron chi connectivity index (χ1n) is 12.3. The minimum absolute atomic E-state index is 0.100. The van der Waals surface area contributed by atoms with Crippen LogP contribution in [0.3, 0.4) is 0 Å². The molecule has 3 rings (SSSR count). The van der Waals surface area contributed by atoms with Crippen molar-refractivity contribution in [3.8, 4) is 11.8 Å². The van der Waals surface area contributed by atoms with Gasteiger partial charge in [0.1, 0.15) is 12.4 Å². The van der Waals surface area contributed by atoms with Gasteiger partial charge in [-0.2, -0.15) is 18.4 Å². The van der Waals surface area contributed by atoms with Crippen LogP contribution < -0.4 is 15.5 Å². The Hall–Kier alpha value is -4.00. The van der Waals surface area contributed by atoms with E-state index in [1.807, 2.05) is 11.1 Å². The number of alkyl halides is 3. The third kappa shape index (κ3) is 12.2. The normalized spacial score (nSPS) is 13.3. The average molecular weight is 616 g/mol. The molecule has 0 aliphatic carbocycles. The third-order valence-electron chi connectivity index (χ3n) is 5.49. The summed E-state index contributed by atoms with van der Waals surface area (Å²) in [7, 11) is -4.58. The van der Waals surface area contributed by atoms with Gasteiger partial charge in [-0.15, -0.1) is 0 Å². The lowest BCUT2D eigenvalue weighted by molar-refractivity contribution is -0.192. The first-order chi connectivity index (χ1) is 19.7. The van der Waals surface area contributed by atoms with Crippen molar-refractivity contribution >= 4 is 25.6 Å². The molecule has 0 saturated carbocycles. The van der Waals surface area contributed by atoms with E-state index < -0.39 is 20.0 Å². The number of hydrazine groups is 1. The van der Waals surface area contributed by atoms with Crippen molar-refractivity contribution < 1.29 is 56.3 Å². The highest BCUT2D eigenvalue weighted by molar-refractivity contribution is 7.46. The Morgan fingerprint density at radius 1 is 1.00 bits per heavy atom. The lowest BCUT2D eigenvalue weighted by atomic mass is 10.1. The Labute approximate surface area is 238 Å². The number of hydrogen-bond donors (Lipinski definition) is 5. The van der Waals surface area contributed by atoms with Gasteiger partial charge in [-0.1, -0.05) is 6.07 Å². The summed E-state index contributed by atoms with van der Waals surface area (Å²) in [6, 6.07) is 13.0. The maximum absolute atomic E-state index is 12.4. The molecule has 1 saturated heterocycles. The van der Waals surface area contributed by atoms with Crippen molar-refractivity contribution in [2.24, 2.45) is 0 Å². The summed E-state index contributed by atoms with van der Waals surface area (Å²) < 4.78 is 52.8. The van der Waals surface area contributed by atoms with Crippen LogP contribution in [0.15, 0.2) is 42.5 Å². The van der Waals surface area contributed by atoms with Gasteiger partial charge in [-0.25, -0.2) is 14.4 Å². The topological polar surface area (TPSA) is 199 Å². The number of aliphatic carboxylic acids is 1. The van der Waals surface area contributed by atoms with E-state index in [1.165, 1.54) is 6.07 Å². The number of carbonyl (C=O) groups excluding carboxylic acids is 2. The summed E-state index contributed by atoms with van der Waals surface area (Å²) in [5, 5.41) is 20.8. The molecular weight excluding hydrogens is 588 g/mol. The molecule has 2 amide bonds. The number of benzene rings is 2. The van der Waals surface area contributed by atoms with Crippen LogP contribution in [0.2, 0.25) is 0 Å². The molecule has 13 nitrogen and oxygen atoms in total. The smallest absolute Gasteiger partial charge is 0.490 e. The number of carboxylic acid groups (broad SMARTS) is 1.